The summed E-state index contributed by atoms with van der Waals surface area (Å²) in [5.74, 6) is 0. The minimum atomic E-state index is -5.89. The molecule has 4 nitrogen and oxygen atoms in total. The van der Waals surface area contributed by atoms with E-state index in [1.54, 1.807) is 0 Å². The predicted molar refractivity (Wildman–Crippen MR) is 54.4 cm³/mol. The first-order valence-electron chi connectivity index (χ1n) is 4.01. The highest BCUT2D eigenvalue weighted by Gasteiger charge is 2.50. The van der Waals surface area contributed by atoms with E-state index in [-0.39, 0.29) is 0 Å². The minimum Gasteiger partial charge on any atom is -0.213 e. The van der Waals surface area contributed by atoms with Crippen LogP contribution in [0.2, 0.25) is 0 Å². The number of benzene rings is 1. The lowest BCUT2D eigenvalue weighted by Crippen LogP contribution is -2.31. The Morgan fingerprint density at radius 2 is 1.53 bits per heavy atom. The Hall–Kier alpha value is -1.35. The summed E-state index contributed by atoms with van der Waals surface area (Å²) in [6, 6.07) is 5.81. The molecule has 0 spiro atoms. The summed E-state index contributed by atoms with van der Waals surface area (Å²) < 4.78 is 78.5. The minimum absolute atomic E-state index is 0.529. The van der Waals surface area contributed by atoms with E-state index in [0.717, 1.165) is 12.1 Å². The first-order chi connectivity index (χ1) is 7.68. The third kappa shape index (κ3) is 2.67. The molecule has 0 bridgehead atoms. The van der Waals surface area contributed by atoms with E-state index in [4.69, 9.17) is 0 Å². The fraction of sp³-hybridized carbons (Fsp3) is 0.125. The van der Waals surface area contributed by atoms with Crippen molar-refractivity contribution in [2.24, 2.45) is 0 Å². The highest BCUT2D eigenvalue weighted by molar-refractivity contribution is 8.16. The molecule has 0 aliphatic carbocycles. The SMILES string of the molecule is O=S(=O)=C(c1ccccc1)S(=O)(=O)C(F)(F)F. The molecular formula is C8H5F3O4S2. The summed E-state index contributed by atoms with van der Waals surface area (Å²) in [5, 5.41) is 0. The molecule has 0 saturated heterocycles. The number of alkyl halides is 3. The molecule has 17 heavy (non-hydrogen) atoms. The van der Waals surface area contributed by atoms with Gasteiger partial charge in [-0.15, -0.1) is 0 Å². The van der Waals surface area contributed by atoms with E-state index < -0.39 is 35.4 Å². The third-order valence-corrected chi connectivity index (χ3v) is 4.65. The lowest BCUT2D eigenvalue weighted by Gasteiger charge is -2.08. The molecule has 0 heterocycles. The molecule has 0 aliphatic rings. The fourth-order valence-corrected chi connectivity index (χ4v) is 3.01. The highest BCUT2D eigenvalue weighted by Crippen LogP contribution is 2.26. The topological polar surface area (TPSA) is 68.3 Å². The van der Waals surface area contributed by atoms with Gasteiger partial charge in [-0.1, -0.05) is 30.3 Å². The van der Waals surface area contributed by atoms with Gasteiger partial charge in [-0.3, -0.25) is 0 Å². The van der Waals surface area contributed by atoms with Crippen LogP contribution in [0.1, 0.15) is 5.56 Å². The lowest BCUT2D eigenvalue weighted by molar-refractivity contribution is -0.0416. The molecule has 0 aliphatic heterocycles. The van der Waals surface area contributed by atoms with Crippen molar-refractivity contribution >= 4 is 24.3 Å². The largest absolute Gasteiger partial charge is 0.502 e. The van der Waals surface area contributed by atoms with Gasteiger partial charge in [0, 0.05) is 5.56 Å². The molecule has 0 fully saturated rings. The first-order valence-corrected chi connectivity index (χ1v) is 6.56. The molecule has 0 aromatic heterocycles. The molecule has 1 rings (SSSR count). The van der Waals surface area contributed by atoms with E-state index >= 15 is 0 Å². The number of sulfone groups is 1. The Kier molecular flexibility index (Phi) is 3.62. The van der Waals surface area contributed by atoms with Crippen molar-refractivity contribution < 1.29 is 30.0 Å². The van der Waals surface area contributed by atoms with Crippen molar-refractivity contribution in [3.8, 4) is 0 Å². The maximum absolute atomic E-state index is 12.2. The quantitative estimate of drug-likeness (QED) is 0.722. The van der Waals surface area contributed by atoms with Gasteiger partial charge in [0.25, 0.3) is 9.84 Å². The summed E-state index contributed by atoms with van der Waals surface area (Å²) in [7, 11) is -9.40. The Morgan fingerprint density at radius 1 is 1.06 bits per heavy atom. The van der Waals surface area contributed by atoms with Crippen LogP contribution in [0.4, 0.5) is 13.2 Å². The van der Waals surface area contributed by atoms with Gasteiger partial charge in [0.15, 0.2) is 0 Å². The van der Waals surface area contributed by atoms with Gasteiger partial charge in [-0.2, -0.15) is 21.6 Å². The second-order valence-electron chi connectivity index (χ2n) is 2.84. The molecule has 1 aromatic carbocycles. The van der Waals surface area contributed by atoms with Crippen LogP contribution in [0.25, 0.3) is 0 Å². The molecule has 0 amide bonds. The number of halogens is 3. The van der Waals surface area contributed by atoms with E-state index in [1.165, 1.54) is 18.2 Å². The van der Waals surface area contributed by atoms with E-state index in [0.29, 0.717) is 0 Å². The molecule has 0 unspecified atom stereocenters. The predicted octanol–water partition coefficient (Wildman–Crippen LogP) is 0.978. The zero-order valence-corrected chi connectivity index (χ0v) is 9.60. The Bertz CT molecular complexity index is 634. The van der Waals surface area contributed by atoms with Crippen LogP contribution in [0.15, 0.2) is 30.3 Å². The molecule has 0 saturated carbocycles. The van der Waals surface area contributed by atoms with E-state index in [1.807, 2.05) is 0 Å². The smallest absolute Gasteiger partial charge is 0.213 e. The second-order valence-corrected chi connectivity index (χ2v) is 5.85. The normalized spacial score (nSPS) is 12.2. The standard InChI is InChI=1S/C8H5F3O4S2/c9-8(10,11)17(14,15)7(16(12)13)6-4-2-1-3-5-6/h1-5H. The Labute approximate surface area is 96.1 Å². The summed E-state index contributed by atoms with van der Waals surface area (Å²) in [5.41, 5.74) is -6.18. The summed E-state index contributed by atoms with van der Waals surface area (Å²) in [6.07, 6.45) is 0. The Morgan fingerprint density at radius 3 is 1.88 bits per heavy atom. The molecular weight excluding hydrogens is 281 g/mol. The van der Waals surface area contributed by atoms with Crippen LogP contribution in [0, 0.1) is 0 Å². The summed E-state index contributed by atoms with van der Waals surface area (Å²) in [4.78, 5) is 0. The van der Waals surface area contributed by atoms with Crippen molar-refractivity contribution in [1.82, 2.24) is 0 Å². The van der Waals surface area contributed by atoms with Crippen LogP contribution >= 0.6 is 0 Å². The van der Waals surface area contributed by atoms with Gasteiger partial charge in [-0.25, -0.2) is 8.42 Å². The zero-order chi connectivity index (χ0) is 13.3. The van der Waals surface area contributed by atoms with Crippen LogP contribution in [-0.4, -0.2) is 26.5 Å². The highest BCUT2D eigenvalue weighted by atomic mass is 32.2. The maximum atomic E-state index is 12.2. The van der Waals surface area contributed by atoms with Gasteiger partial charge >= 0.3 is 5.51 Å². The van der Waals surface area contributed by atoms with Crippen LogP contribution in [0.3, 0.4) is 0 Å². The van der Waals surface area contributed by atoms with Gasteiger partial charge in [0.1, 0.15) is 0 Å². The van der Waals surface area contributed by atoms with Gasteiger partial charge in [-0.05, 0) is 0 Å². The Balaban J connectivity index is 3.62. The van der Waals surface area contributed by atoms with E-state index in [2.05, 4.69) is 0 Å². The van der Waals surface area contributed by atoms with Crippen LogP contribution in [-0.2, 0) is 20.1 Å². The molecule has 0 radical (unpaired) electrons. The van der Waals surface area contributed by atoms with E-state index in [9.17, 15) is 30.0 Å². The maximum Gasteiger partial charge on any atom is 0.502 e. The molecule has 94 valence electrons. The fourth-order valence-electron chi connectivity index (χ4n) is 1.02. The lowest BCUT2D eigenvalue weighted by atomic mass is 10.2. The van der Waals surface area contributed by atoms with Gasteiger partial charge in [0.2, 0.25) is 14.5 Å². The van der Waals surface area contributed by atoms with Crippen LogP contribution < -0.4 is 0 Å². The number of rotatable bonds is 1. The molecule has 9 heteroatoms. The van der Waals surface area contributed by atoms with Gasteiger partial charge < -0.3 is 0 Å². The average molecular weight is 286 g/mol. The first kappa shape index (κ1) is 13.7. The van der Waals surface area contributed by atoms with Crippen molar-refractivity contribution in [3.63, 3.8) is 0 Å². The molecule has 0 N–H and O–H groups in total. The van der Waals surface area contributed by atoms with Gasteiger partial charge in [0.05, 0.1) is 0 Å². The average Bonchev–Trinajstić information content (AvgIpc) is 2.16. The number of hydrogen-bond acceptors (Lipinski definition) is 4. The van der Waals surface area contributed by atoms with Crippen molar-refractivity contribution in [3.05, 3.63) is 35.9 Å². The molecule has 1 aromatic rings. The number of hydrogen-bond donors (Lipinski definition) is 0. The monoisotopic (exact) mass is 286 g/mol. The third-order valence-electron chi connectivity index (χ3n) is 1.71. The summed E-state index contributed by atoms with van der Waals surface area (Å²) >= 11 is 0. The van der Waals surface area contributed by atoms with Crippen molar-refractivity contribution in [2.45, 2.75) is 5.51 Å². The zero-order valence-electron chi connectivity index (χ0n) is 7.97. The van der Waals surface area contributed by atoms with Crippen molar-refractivity contribution in [2.75, 3.05) is 0 Å². The van der Waals surface area contributed by atoms with Crippen LogP contribution in [0.5, 0.6) is 0 Å². The summed E-state index contributed by atoms with van der Waals surface area (Å²) in [6.45, 7) is 0. The molecule has 0 atom stereocenters. The second kappa shape index (κ2) is 4.49. The van der Waals surface area contributed by atoms with Crippen molar-refractivity contribution in [1.29, 1.82) is 0 Å².